The molecular formula is C41H78NO8P. The van der Waals surface area contributed by atoms with Gasteiger partial charge in [0.25, 0.3) is 0 Å². The normalized spacial score (nSPS) is 13.6. The number of phosphoric acid groups is 1. The van der Waals surface area contributed by atoms with Gasteiger partial charge >= 0.3 is 19.8 Å². The van der Waals surface area contributed by atoms with Crippen LogP contribution in [0.3, 0.4) is 0 Å². The minimum absolute atomic E-state index is 0.0529. The van der Waals surface area contributed by atoms with E-state index < -0.39 is 32.5 Å². The number of allylic oxidation sites excluding steroid dienone is 4. The Labute approximate surface area is 312 Å². The molecule has 0 bridgehead atoms. The van der Waals surface area contributed by atoms with Gasteiger partial charge in [0.2, 0.25) is 0 Å². The van der Waals surface area contributed by atoms with Crippen molar-refractivity contribution in [2.24, 2.45) is 5.73 Å². The zero-order chi connectivity index (χ0) is 37.5. The highest BCUT2D eigenvalue weighted by molar-refractivity contribution is 7.47. The Morgan fingerprint density at radius 2 is 0.980 bits per heavy atom. The van der Waals surface area contributed by atoms with Gasteiger partial charge in [0, 0.05) is 19.4 Å². The first-order valence-corrected chi connectivity index (χ1v) is 22.3. The lowest BCUT2D eigenvalue weighted by Gasteiger charge is -2.19. The molecule has 0 fully saturated rings. The second kappa shape index (κ2) is 38.2. The first-order chi connectivity index (χ1) is 24.8. The van der Waals surface area contributed by atoms with Gasteiger partial charge in [-0.15, -0.1) is 0 Å². The molecule has 2 unspecified atom stereocenters. The number of unbranched alkanes of at least 4 members (excludes halogenated alkanes) is 22. The highest BCUT2D eigenvalue weighted by Gasteiger charge is 2.26. The van der Waals surface area contributed by atoms with E-state index in [0.29, 0.717) is 6.42 Å². The molecule has 0 aromatic rings. The summed E-state index contributed by atoms with van der Waals surface area (Å²) in [6.07, 6.45) is 39.2. The van der Waals surface area contributed by atoms with Gasteiger partial charge in [-0.25, -0.2) is 4.57 Å². The average molecular weight is 744 g/mol. The maximum atomic E-state index is 12.6. The number of ether oxygens (including phenoxy) is 2. The number of rotatable bonds is 39. The van der Waals surface area contributed by atoms with Gasteiger partial charge in [0.05, 0.1) is 13.2 Å². The van der Waals surface area contributed by atoms with E-state index in [9.17, 15) is 19.0 Å². The van der Waals surface area contributed by atoms with Crippen LogP contribution in [0.1, 0.15) is 194 Å². The minimum atomic E-state index is -4.37. The maximum Gasteiger partial charge on any atom is 0.472 e. The Hall–Kier alpha value is -1.51. The molecule has 9 nitrogen and oxygen atoms in total. The van der Waals surface area contributed by atoms with E-state index in [0.717, 1.165) is 64.2 Å². The van der Waals surface area contributed by atoms with Crippen molar-refractivity contribution in [3.8, 4) is 0 Å². The maximum absolute atomic E-state index is 12.6. The molecule has 51 heavy (non-hydrogen) atoms. The first-order valence-electron chi connectivity index (χ1n) is 20.8. The summed E-state index contributed by atoms with van der Waals surface area (Å²) in [6, 6.07) is 0. The average Bonchev–Trinajstić information content (AvgIpc) is 3.11. The van der Waals surface area contributed by atoms with Crippen LogP contribution in [0.25, 0.3) is 0 Å². The summed E-state index contributed by atoms with van der Waals surface area (Å²) < 4.78 is 32.7. The van der Waals surface area contributed by atoms with E-state index in [1.165, 1.54) is 96.3 Å². The molecule has 3 N–H and O–H groups in total. The summed E-state index contributed by atoms with van der Waals surface area (Å²) in [4.78, 5) is 34.7. The Kier molecular flexibility index (Phi) is 37.1. The third-order valence-corrected chi connectivity index (χ3v) is 9.79. The number of phosphoric ester groups is 1. The fourth-order valence-corrected chi connectivity index (χ4v) is 6.43. The Morgan fingerprint density at radius 1 is 0.569 bits per heavy atom. The molecule has 0 aliphatic rings. The van der Waals surface area contributed by atoms with Crippen LogP contribution in [0, 0.1) is 0 Å². The van der Waals surface area contributed by atoms with Crippen molar-refractivity contribution in [2.45, 2.75) is 200 Å². The largest absolute Gasteiger partial charge is 0.472 e. The van der Waals surface area contributed by atoms with Crippen LogP contribution in [-0.4, -0.2) is 49.3 Å². The molecule has 0 saturated heterocycles. The summed E-state index contributed by atoms with van der Waals surface area (Å²) in [5.74, 6) is -0.839. The van der Waals surface area contributed by atoms with E-state index in [1.54, 1.807) is 0 Å². The molecule has 0 amide bonds. The number of hydrogen-bond acceptors (Lipinski definition) is 8. The van der Waals surface area contributed by atoms with Gasteiger partial charge in [-0.2, -0.15) is 0 Å². The van der Waals surface area contributed by atoms with Crippen LogP contribution in [-0.2, 0) is 32.7 Å². The number of nitrogens with two attached hydrogens (primary N) is 1. The van der Waals surface area contributed by atoms with E-state index in [1.807, 2.05) is 0 Å². The lowest BCUT2D eigenvalue weighted by atomic mass is 10.1. The lowest BCUT2D eigenvalue weighted by Crippen LogP contribution is -2.29. The molecule has 0 radical (unpaired) electrons. The summed E-state index contributed by atoms with van der Waals surface area (Å²) in [6.45, 7) is 3.68. The van der Waals surface area contributed by atoms with Crippen LogP contribution in [0.4, 0.5) is 0 Å². The quantitative estimate of drug-likeness (QED) is 0.0273. The SMILES string of the molecule is CCCC/C=C\CCCCCCCC(=O)OCC(COP(=O)(O)OCCN)OC(=O)CCCCCCCCCCC/C=C\CCCCCCCC. The molecule has 10 heteroatoms. The topological polar surface area (TPSA) is 134 Å². The molecule has 0 aromatic heterocycles. The van der Waals surface area contributed by atoms with E-state index in [-0.39, 0.29) is 32.6 Å². The first kappa shape index (κ1) is 49.5. The van der Waals surface area contributed by atoms with Gasteiger partial charge in [-0.3, -0.25) is 18.6 Å². The fourth-order valence-electron chi connectivity index (χ4n) is 5.67. The number of esters is 2. The van der Waals surface area contributed by atoms with Gasteiger partial charge in [-0.05, 0) is 57.8 Å². The second-order valence-electron chi connectivity index (χ2n) is 13.8. The molecule has 0 saturated carbocycles. The van der Waals surface area contributed by atoms with Crippen molar-refractivity contribution in [1.82, 2.24) is 0 Å². The molecule has 300 valence electrons. The fraction of sp³-hybridized carbons (Fsp3) is 0.854. The smallest absolute Gasteiger partial charge is 0.462 e. The summed E-state index contributed by atoms with van der Waals surface area (Å²) in [5, 5.41) is 0. The van der Waals surface area contributed by atoms with Crippen molar-refractivity contribution in [1.29, 1.82) is 0 Å². The van der Waals surface area contributed by atoms with Gasteiger partial charge in [0.15, 0.2) is 6.10 Å². The van der Waals surface area contributed by atoms with Crippen molar-refractivity contribution in [3.05, 3.63) is 24.3 Å². The molecule has 0 aromatic carbocycles. The van der Waals surface area contributed by atoms with Gasteiger partial charge in [-0.1, -0.05) is 147 Å². The Balaban J connectivity index is 4.13. The van der Waals surface area contributed by atoms with Crippen molar-refractivity contribution in [3.63, 3.8) is 0 Å². The van der Waals surface area contributed by atoms with Crippen LogP contribution in [0.5, 0.6) is 0 Å². The predicted octanol–water partition coefficient (Wildman–Crippen LogP) is 11.6. The Bertz CT molecular complexity index is 897. The van der Waals surface area contributed by atoms with Crippen molar-refractivity contribution >= 4 is 19.8 Å². The van der Waals surface area contributed by atoms with Crippen LogP contribution in [0.15, 0.2) is 24.3 Å². The molecule has 0 aliphatic carbocycles. The summed E-state index contributed by atoms with van der Waals surface area (Å²) >= 11 is 0. The predicted molar refractivity (Wildman–Crippen MR) is 211 cm³/mol. The molecule has 0 heterocycles. The standard InChI is InChI=1S/C41H78NO8P/c1-3-5-7-9-11-13-15-16-17-18-19-20-21-22-24-26-28-30-32-34-41(44)50-39(38-49-51(45,46)48-36-35-42)37-47-40(43)33-31-29-27-25-23-14-12-10-8-6-4-2/h10,12,16-17,39H,3-9,11,13-15,18-38,42H2,1-2H3,(H,45,46)/b12-10-,17-16-. The van der Waals surface area contributed by atoms with Crippen molar-refractivity contribution < 1.29 is 37.6 Å². The molecule has 0 rings (SSSR count). The highest BCUT2D eigenvalue weighted by Crippen LogP contribution is 2.43. The zero-order valence-electron chi connectivity index (χ0n) is 32.8. The summed E-state index contributed by atoms with van der Waals surface area (Å²) in [5.41, 5.74) is 5.34. The van der Waals surface area contributed by atoms with E-state index >= 15 is 0 Å². The zero-order valence-corrected chi connectivity index (χ0v) is 33.7. The Morgan fingerprint density at radius 3 is 1.45 bits per heavy atom. The van der Waals surface area contributed by atoms with Crippen molar-refractivity contribution in [2.75, 3.05) is 26.4 Å². The molecule has 0 spiro atoms. The second-order valence-corrected chi connectivity index (χ2v) is 15.3. The third-order valence-electron chi connectivity index (χ3n) is 8.81. The highest BCUT2D eigenvalue weighted by atomic mass is 31.2. The third kappa shape index (κ3) is 38.0. The van der Waals surface area contributed by atoms with Crippen LogP contribution in [0.2, 0.25) is 0 Å². The van der Waals surface area contributed by atoms with E-state index in [4.69, 9.17) is 24.3 Å². The molecule has 0 aliphatic heterocycles. The number of carbonyl (C=O) groups excluding carboxylic acids is 2. The van der Waals surface area contributed by atoms with Gasteiger partial charge < -0.3 is 20.1 Å². The van der Waals surface area contributed by atoms with Crippen LogP contribution >= 0.6 is 7.82 Å². The number of carbonyl (C=O) groups is 2. The number of hydrogen-bond donors (Lipinski definition) is 2. The minimum Gasteiger partial charge on any atom is -0.462 e. The lowest BCUT2D eigenvalue weighted by molar-refractivity contribution is -0.161. The molecular weight excluding hydrogens is 665 g/mol. The van der Waals surface area contributed by atoms with Gasteiger partial charge in [0.1, 0.15) is 6.61 Å². The van der Waals surface area contributed by atoms with Crippen LogP contribution < -0.4 is 5.73 Å². The summed E-state index contributed by atoms with van der Waals surface area (Å²) in [7, 11) is -4.37. The monoisotopic (exact) mass is 744 g/mol. The molecule has 2 atom stereocenters. The van der Waals surface area contributed by atoms with E-state index in [2.05, 4.69) is 38.2 Å².